The predicted octanol–water partition coefficient (Wildman–Crippen LogP) is 3.06. The molecule has 122 valence electrons. The van der Waals surface area contributed by atoms with Gasteiger partial charge in [-0.05, 0) is 24.1 Å². The molecule has 1 aromatic carbocycles. The maximum absolute atomic E-state index is 13.4. The number of methoxy groups -OCH3 is 1. The minimum absolute atomic E-state index is 0. The van der Waals surface area contributed by atoms with E-state index in [2.05, 4.69) is 5.32 Å². The van der Waals surface area contributed by atoms with Gasteiger partial charge in [0.2, 0.25) is 0 Å². The molecule has 1 aliphatic rings. The van der Waals surface area contributed by atoms with Crippen LogP contribution in [0.5, 0.6) is 5.75 Å². The van der Waals surface area contributed by atoms with Gasteiger partial charge in [-0.3, -0.25) is 4.90 Å². The Kier molecular flexibility index (Phi) is 9.13. The summed E-state index contributed by atoms with van der Waals surface area (Å²) in [6, 6.07) is 4.48. The Balaban J connectivity index is 0.00000200. The van der Waals surface area contributed by atoms with Crippen molar-refractivity contribution < 1.29 is 13.5 Å². The molecule has 1 aliphatic heterocycles. The van der Waals surface area contributed by atoms with E-state index in [1.54, 1.807) is 25.3 Å². The van der Waals surface area contributed by atoms with Gasteiger partial charge >= 0.3 is 0 Å². The molecule has 0 bridgehead atoms. The highest BCUT2D eigenvalue weighted by Gasteiger charge is 2.30. The first kappa shape index (κ1) is 20.4. The molecule has 1 heterocycles. The van der Waals surface area contributed by atoms with E-state index in [9.17, 15) is 8.78 Å². The van der Waals surface area contributed by atoms with E-state index in [1.807, 2.05) is 11.8 Å². The van der Waals surface area contributed by atoms with Crippen molar-refractivity contribution in [1.29, 1.82) is 0 Å². The normalized spacial score (nSPS) is 16.8. The second-order valence-electron chi connectivity index (χ2n) is 4.79. The monoisotopic (exact) mass is 342 g/mol. The molecule has 1 atom stereocenters. The van der Waals surface area contributed by atoms with Gasteiger partial charge in [-0.2, -0.15) is 0 Å². The summed E-state index contributed by atoms with van der Waals surface area (Å²) in [7, 11) is 1.59. The summed E-state index contributed by atoms with van der Waals surface area (Å²) in [5.74, 6) is 0.733. The van der Waals surface area contributed by atoms with Crippen molar-refractivity contribution in [3.05, 3.63) is 29.3 Å². The first-order chi connectivity index (χ1) is 9.13. The predicted molar refractivity (Wildman–Crippen MR) is 85.4 cm³/mol. The van der Waals surface area contributed by atoms with E-state index in [-0.39, 0.29) is 24.8 Å². The second-order valence-corrected chi connectivity index (χ2v) is 4.79. The first-order valence-electron chi connectivity index (χ1n) is 6.51. The molecule has 7 heteroatoms. The van der Waals surface area contributed by atoms with E-state index in [4.69, 9.17) is 4.74 Å². The van der Waals surface area contributed by atoms with E-state index in [0.717, 1.165) is 24.4 Å². The summed E-state index contributed by atoms with van der Waals surface area (Å²) in [6.45, 7) is 4.71. The molecule has 2 rings (SSSR count). The summed E-state index contributed by atoms with van der Waals surface area (Å²) < 4.78 is 32.0. The molecule has 0 aliphatic carbocycles. The lowest BCUT2D eigenvalue weighted by atomic mass is 10.0. The highest BCUT2D eigenvalue weighted by molar-refractivity contribution is 5.85. The Labute approximate surface area is 136 Å². The van der Waals surface area contributed by atoms with E-state index in [1.165, 1.54) is 0 Å². The van der Waals surface area contributed by atoms with E-state index < -0.39 is 12.5 Å². The van der Waals surface area contributed by atoms with Crippen molar-refractivity contribution >= 4 is 24.8 Å². The summed E-state index contributed by atoms with van der Waals surface area (Å²) in [5.41, 5.74) is 1.55. The molecule has 1 aromatic rings. The van der Waals surface area contributed by atoms with Crippen LogP contribution in [0.2, 0.25) is 0 Å². The fourth-order valence-electron chi connectivity index (χ4n) is 2.56. The topological polar surface area (TPSA) is 24.5 Å². The van der Waals surface area contributed by atoms with Crippen LogP contribution in [0.3, 0.4) is 0 Å². The van der Waals surface area contributed by atoms with E-state index >= 15 is 0 Å². The zero-order valence-electron chi connectivity index (χ0n) is 12.1. The maximum Gasteiger partial charge on any atom is 0.258 e. The van der Waals surface area contributed by atoms with Gasteiger partial charge in [0.05, 0.1) is 13.2 Å². The number of nitrogens with one attached hydrogen (secondary N) is 1. The highest BCUT2D eigenvalue weighted by Crippen LogP contribution is 2.30. The molecule has 3 nitrogen and oxygen atoms in total. The van der Waals surface area contributed by atoms with Gasteiger partial charge in [0.25, 0.3) is 6.43 Å². The Morgan fingerprint density at radius 3 is 2.29 bits per heavy atom. The number of halogens is 4. The molecule has 0 spiro atoms. The van der Waals surface area contributed by atoms with E-state index in [0.29, 0.717) is 18.7 Å². The Hall–Kier alpha value is -0.620. The van der Waals surface area contributed by atoms with Crippen LogP contribution in [0.25, 0.3) is 0 Å². The number of nitrogens with zero attached hydrogens (tertiary/aromatic N) is 1. The van der Waals surface area contributed by atoms with Crippen LogP contribution in [0.1, 0.15) is 17.2 Å². The molecule has 0 unspecified atom stereocenters. The summed E-state index contributed by atoms with van der Waals surface area (Å²) in [5, 5.41) is 3.18. The standard InChI is InChI=1S/C14H20F2N2O.2ClH/c1-10-9-11(3-4-12(10)19-2)13(14(15)16)18-7-5-17-6-8-18;;/h3-4,9,13-14,17H,5-8H2,1-2H3;2*1H/t13-;;/m0../s1. The van der Waals surface area contributed by atoms with Gasteiger partial charge in [0.1, 0.15) is 5.75 Å². The molecular weight excluding hydrogens is 321 g/mol. The van der Waals surface area contributed by atoms with Gasteiger partial charge in [0.15, 0.2) is 0 Å². The Morgan fingerprint density at radius 2 is 1.81 bits per heavy atom. The van der Waals surface area contributed by atoms with Crippen LogP contribution in [0.15, 0.2) is 18.2 Å². The molecular formula is C14H22Cl2F2N2O. The van der Waals surface area contributed by atoms with Crippen molar-refractivity contribution in [2.24, 2.45) is 0 Å². The number of piperazine rings is 1. The number of benzene rings is 1. The van der Waals surface area contributed by atoms with Crippen molar-refractivity contribution in [3.8, 4) is 5.75 Å². The van der Waals surface area contributed by atoms with Gasteiger partial charge < -0.3 is 10.1 Å². The molecule has 1 saturated heterocycles. The number of aryl methyl sites for hydroxylation is 1. The summed E-state index contributed by atoms with van der Waals surface area (Å²) in [6.07, 6.45) is -2.38. The average Bonchev–Trinajstić information content (AvgIpc) is 2.40. The van der Waals surface area contributed by atoms with Crippen molar-refractivity contribution in [1.82, 2.24) is 10.2 Å². The SMILES string of the molecule is COc1ccc([C@@H](C(F)F)N2CCNCC2)cc1C.Cl.Cl. The van der Waals surface area contributed by atoms with Gasteiger partial charge in [0, 0.05) is 26.2 Å². The summed E-state index contributed by atoms with van der Waals surface area (Å²) >= 11 is 0. The van der Waals surface area contributed by atoms with Gasteiger partial charge in [-0.1, -0.05) is 12.1 Å². The molecule has 1 fully saturated rings. The number of ether oxygens (including phenoxy) is 1. The minimum Gasteiger partial charge on any atom is -0.496 e. The molecule has 21 heavy (non-hydrogen) atoms. The van der Waals surface area contributed by atoms with Crippen LogP contribution in [0, 0.1) is 6.92 Å². The fraction of sp³-hybridized carbons (Fsp3) is 0.571. The molecule has 0 aromatic heterocycles. The van der Waals surface area contributed by atoms with Crippen molar-refractivity contribution in [2.45, 2.75) is 19.4 Å². The zero-order valence-corrected chi connectivity index (χ0v) is 13.8. The lowest BCUT2D eigenvalue weighted by Crippen LogP contribution is -2.46. The highest BCUT2D eigenvalue weighted by atomic mass is 35.5. The second kappa shape index (κ2) is 9.41. The third-order valence-electron chi connectivity index (χ3n) is 3.54. The van der Waals surface area contributed by atoms with Crippen LogP contribution in [-0.2, 0) is 0 Å². The third kappa shape index (κ3) is 4.95. The molecule has 0 radical (unpaired) electrons. The molecule has 0 saturated carbocycles. The summed E-state index contributed by atoms with van der Waals surface area (Å²) in [4.78, 5) is 1.85. The molecule has 1 N–H and O–H groups in total. The Morgan fingerprint density at radius 1 is 1.19 bits per heavy atom. The van der Waals surface area contributed by atoms with Crippen LogP contribution < -0.4 is 10.1 Å². The van der Waals surface area contributed by atoms with Crippen LogP contribution >= 0.6 is 24.8 Å². The Bertz CT molecular complexity index is 429. The smallest absolute Gasteiger partial charge is 0.258 e. The van der Waals surface area contributed by atoms with Crippen LogP contribution in [0.4, 0.5) is 8.78 Å². The van der Waals surface area contributed by atoms with Gasteiger partial charge in [-0.25, -0.2) is 8.78 Å². The van der Waals surface area contributed by atoms with Crippen LogP contribution in [-0.4, -0.2) is 44.6 Å². The minimum atomic E-state index is -2.38. The number of hydrogen-bond acceptors (Lipinski definition) is 3. The van der Waals surface area contributed by atoms with Crippen molar-refractivity contribution in [2.75, 3.05) is 33.3 Å². The van der Waals surface area contributed by atoms with Gasteiger partial charge in [-0.15, -0.1) is 24.8 Å². The maximum atomic E-state index is 13.4. The number of hydrogen-bond donors (Lipinski definition) is 1. The number of rotatable bonds is 4. The quantitative estimate of drug-likeness (QED) is 0.910. The largest absolute Gasteiger partial charge is 0.496 e. The lowest BCUT2D eigenvalue weighted by molar-refractivity contribution is 0.0181. The van der Waals surface area contributed by atoms with Crippen molar-refractivity contribution in [3.63, 3.8) is 0 Å². The lowest BCUT2D eigenvalue weighted by Gasteiger charge is -2.34. The third-order valence-corrected chi connectivity index (χ3v) is 3.54. The zero-order chi connectivity index (χ0) is 13.8. The number of alkyl halides is 2. The first-order valence-corrected chi connectivity index (χ1v) is 6.51. The average molecular weight is 343 g/mol. The molecule has 0 amide bonds. The fourth-order valence-corrected chi connectivity index (χ4v) is 2.56.